The monoisotopic (exact) mass is 222 g/mol. The third-order valence-electron chi connectivity index (χ3n) is 2.21. The van der Waals surface area contributed by atoms with Crippen molar-refractivity contribution in [2.45, 2.75) is 0 Å². The minimum Gasteiger partial charge on any atom is -0.490 e. The van der Waals surface area contributed by atoms with Gasteiger partial charge < -0.3 is 9.47 Å². The molecule has 0 N–H and O–H groups in total. The lowest BCUT2D eigenvalue weighted by Crippen LogP contribution is -2.03. The Balaban J connectivity index is 2.42. The molecule has 1 aliphatic rings. The van der Waals surface area contributed by atoms with Crippen molar-refractivity contribution in [1.29, 1.82) is 0 Å². The molecule has 84 valence electrons. The van der Waals surface area contributed by atoms with Gasteiger partial charge >= 0.3 is 5.69 Å². The van der Waals surface area contributed by atoms with Crippen LogP contribution in [0.15, 0.2) is 23.2 Å². The Morgan fingerprint density at radius 1 is 1.56 bits per heavy atom. The second-order valence-electron chi connectivity index (χ2n) is 3.18. The third kappa shape index (κ3) is 1.81. The fourth-order valence-electron chi connectivity index (χ4n) is 1.48. The summed E-state index contributed by atoms with van der Waals surface area (Å²) in [5.41, 5.74) is 0.517. The van der Waals surface area contributed by atoms with Gasteiger partial charge in [0.05, 0.1) is 18.6 Å². The molecule has 16 heavy (non-hydrogen) atoms. The van der Waals surface area contributed by atoms with Gasteiger partial charge in [0.25, 0.3) is 0 Å². The molecule has 6 heteroatoms. The van der Waals surface area contributed by atoms with Crippen LogP contribution < -0.4 is 4.74 Å². The van der Waals surface area contributed by atoms with Gasteiger partial charge in [-0.1, -0.05) is 0 Å². The topological polar surface area (TPSA) is 74.0 Å². The van der Waals surface area contributed by atoms with Crippen molar-refractivity contribution in [2.75, 3.05) is 20.3 Å². The summed E-state index contributed by atoms with van der Waals surface area (Å²) in [6.07, 6.45) is 0. The van der Waals surface area contributed by atoms with Gasteiger partial charge in [0.2, 0.25) is 5.90 Å². The molecule has 2 rings (SSSR count). The van der Waals surface area contributed by atoms with Crippen molar-refractivity contribution in [3.05, 3.63) is 33.9 Å². The molecule has 0 fully saturated rings. The van der Waals surface area contributed by atoms with Crippen LogP contribution in [0.2, 0.25) is 0 Å². The highest BCUT2D eigenvalue weighted by Crippen LogP contribution is 2.28. The normalized spacial score (nSPS) is 14.2. The quantitative estimate of drug-likeness (QED) is 0.572. The zero-order valence-corrected chi connectivity index (χ0v) is 8.67. The Kier molecular flexibility index (Phi) is 2.72. The number of hydrogen-bond donors (Lipinski definition) is 0. The van der Waals surface area contributed by atoms with Gasteiger partial charge in [0.1, 0.15) is 6.61 Å². The Morgan fingerprint density at radius 3 is 2.94 bits per heavy atom. The minimum absolute atomic E-state index is 0.0850. The van der Waals surface area contributed by atoms with Gasteiger partial charge in [-0.3, -0.25) is 10.1 Å². The molecule has 0 saturated carbocycles. The van der Waals surface area contributed by atoms with E-state index in [1.807, 2.05) is 0 Å². The molecule has 0 amide bonds. The summed E-state index contributed by atoms with van der Waals surface area (Å²) < 4.78 is 10.1. The smallest absolute Gasteiger partial charge is 0.311 e. The summed E-state index contributed by atoms with van der Waals surface area (Å²) in [7, 11) is 1.39. The highest BCUT2D eigenvalue weighted by Gasteiger charge is 2.19. The van der Waals surface area contributed by atoms with Crippen LogP contribution in [-0.2, 0) is 4.74 Å². The first kappa shape index (κ1) is 10.4. The van der Waals surface area contributed by atoms with Crippen LogP contribution >= 0.6 is 0 Å². The SMILES string of the molecule is COc1ccc(C2=NCCO2)cc1[N+](=O)[O-]. The molecule has 0 spiro atoms. The van der Waals surface area contributed by atoms with Crippen molar-refractivity contribution in [3.8, 4) is 5.75 Å². The lowest BCUT2D eigenvalue weighted by molar-refractivity contribution is -0.385. The maximum atomic E-state index is 10.8. The van der Waals surface area contributed by atoms with E-state index in [4.69, 9.17) is 9.47 Å². The molecule has 6 nitrogen and oxygen atoms in total. The largest absolute Gasteiger partial charge is 0.490 e. The highest BCUT2D eigenvalue weighted by atomic mass is 16.6. The fraction of sp³-hybridized carbons (Fsp3) is 0.300. The summed E-state index contributed by atoms with van der Waals surface area (Å²) in [5, 5.41) is 10.8. The van der Waals surface area contributed by atoms with Crippen molar-refractivity contribution >= 4 is 11.6 Å². The molecule has 1 aromatic rings. The number of nitrogens with zero attached hydrogens (tertiary/aromatic N) is 2. The van der Waals surface area contributed by atoms with Crippen LogP contribution in [0, 0.1) is 10.1 Å². The van der Waals surface area contributed by atoms with Crippen LogP contribution in [0.5, 0.6) is 5.75 Å². The second-order valence-corrected chi connectivity index (χ2v) is 3.18. The van der Waals surface area contributed by atoms with Crippen molar-refractivity contribution in [1.82, 2.24) is 0 Å². The lowest BCUT2D eigenvalue weighted by Gasteiger charge is -2.04. The van der Waals surface area contributed by atoms with Crippen LogP contribution in [0.1, 0.15) is 5.56 Å². The van der Waals surface area contributed by atoms with Crippen molar-refractivity contribution in [2.24, 2.45) is 4.99 Å². The Labute approximate surface area is 91.7 Å². The highest BCUT2D eigenvalue weighted by molar-refractivity contribution is 5.95. The number of methoxy groups -OCH3 is 1. The van der Waals surface area contributed by atoms with Crippen molar-refractivity contribution in [3.63, 3.8) is 0 Å². The Bertz CT molecular complexity index is 456. The number of hydrogen-bond acceptors (Lipinski definition) is 5. The summed E-state index contributed by atoms with van der Waals surface area (Å²) in [6.45, 7) is 1.12. The van der Waals surface area contributed by atoms with Gasteiger partial charge in [0.15, 0.2) is 5.75 Å². The molecule has 0 aliphatic carbocycles. The number of benzene rings is 1. The Morgan fingerprint density at radius 2 is 2.38 bits per heavy atom. The number of nitro benzene ring substituents is 1. The molecular weight excluding hydrogens is 212 g/mol. The molecule has 0 bridgehead atoms. The molecule has 0 atom stereocenters. The third-order valence-corrected chi connectivity index (χ3v) is 2.21. The van der Waals surface area contributed by atoms with E-state index in [-0.39, 0.29) is 11.4 Å². The summed E-state index contributed by atoms with van der Waals surface area (Å²) in [5.74, 6) is 0.679. The van der Waals surface area contributed by atoms with E-state index in [1.165, 1.54) is 19.2 Å². The molecule has 1 heterocycles. The zero-order valence-electron chi connectivity index (χ0n) is 8.67. The first-order valence-corrected chi connectivity index (χ1v) is 4.72. The number of aliphatic imine (C=N–C) groups is 1. The van der Waals surface area contributed by atoms with Crippen LogP contribution in [-0.4, -0.2) is 31.1 Å². The predicted octanol–water partition coefficient (Wildman–Crippen LogP) is 1.38. The second kappa shape index (κ2) is 4.18. The molecule has 1 aliphatic heterocycles. The van der Waals surface area contributed by atoms with Crippen LogP contribution in [0.3, 0.4) is 0 Å². The van der Waals surface area contributed by atoms with Gasteiger partial charge in [-0.05, 0) is 12.1 Å². The average Bonchev–Trinajstić information content (AvgIpc) is 2.81. The predicted molar refractivity (Wildman–Crippen MR) is 57.0 cm³/mol. The van der Waals surface area contributed by atoms with Crippen LogP contribution in [0.25, 0.3) is 0 Å². The standard InChI is InChI=1S/C10H10N2O4/c1-15-9-3-2-7(6-8(9)12(13)14)10-11-4-5-16-10/h2-3,6H,4-5H2,1H3. The van der Waals surface area contributed by atoms with Gasteiger partial charge in [0, 0.05) is 11.6 Å². The van der Waals surface area contributed by atoms with Gasteiger partial charge in [-0.25, -0.2) is 4.99 Å². The first-order valence-electron chi connectivity index (χ1n) is 4.72. The maximum Gasteiger partial charge on any atom is 0.311 e. The lowest BCUT2D eigenvalue weighted by atomic mass is 10.2. The minimum atomic E-state index is -0.488. The van der Waals surface area contributed by atoms with Gasteiger partial charge in [-0.15, -0.1) is 0 Å². The number of nitro groups is 1. The maximum absolute atomic E-state index is 10.8. The molecule has 0 saturated heterocycles. The van der Waals surface area contributed by atoms with E-state index in [0.29, 0.717) is 24.6 Å². The van der Waals surface area contributed by atoms with E-state index in [9.17, 15) is 10.1 Å². The number of ether oxygens (including phenoxy) is 2. The van der Waals surface area contributed by atoms with E-state index in [1.54, 1.807) is 6.07 Å². The van der Waals surface area contributed by atoms with E-state index >= 15 is 0 Å². The summed E-state index contributed by atoms with van der Waals surface area (Å²) >= 11 is 0. The molecule has 1 aromatic carbocycles. The van der Waals surface area contributed by atoms with Crippen molar-refractivity contribution < 1.29 is 14.4 Å². The number of rotatable bonds is 3. The summed E-state index contributed by atoms with van der Waals surface area (Å²) in [4.78, 5) is 14.4. The fourth-order valence-corrected chi connectivity index (χ4v) is 1.48. The Hall–Kier alpha value is -2.11. The van der Waals surface area contributed by atoms with E-state index < -0.39 is 4.92 Å². The first-order chi connectivity index (χ1) is 7.72. The molecule has 0 unspecified atom stereocenters. The zero-order chi connectivity index (χ0) is 11.5. The molecule has 0 radical (unpaired) electrons. The average molecular weight is 222 g/mol. The van der Waals surface area contributed by atoms with Gasteiger partial charge in [-0.2, -0.15) is 0 Å². The molecule has 0 aromatic heterocycles. The van der Waals surface area contributed by atoms with E-state index in [2.05, 4.69) is 4.99 Å². The van der Waals surface area contributed by atoms with E-state index in [0.717, 1.165) is 0 Å². The van der Waals surface area contributed by atoms with Crippen LogP contribution in [0.4, 0.5) is 5.69 Å². The molecular formula is C10H10N2O4. The summed E-state index contributed by atoms with van der Waals surface area (Å²) in [6, 6.07) is 4.64.